The van der Waals surface area contributed by atoms with Crippen molar-refractivity contribution in [2.24, 2.45) is 0 Å². The molecule has 2 aromatic rings. The van der Waals surface area contributed by atoms with Gasteiger partial charge in [-0.05, 0) is 30.3 Å². The number of hydrogen-bond donors (Lipinski definition) is 0. The molecule has 3 rings (SSSR count). The fourth-order valence-electron chi connectivity index (χ4n) is 2.95. The van der Waals surface area contributed by atoms with Gasteiger partial charge in [0.15, 0.2) is 6.61 Å². The molecule has 142 valence electrons. The number of carbonyl (C=O) groups is 2. The Bertz CT molecular complexity index is 805. The van der Waals surface area contributed by atoms with Gasteiger partial charge in [0, 0.05) is 26.2 Å². The number of anilines is 1. The Morgan fingerprint density at radius 2 is 1.74 bits per heavy atom. The molecular formula is C20H21ClN2O4. The molecule has 1 aliphatic heterocycles. The van der Waals surface area contributed by atoms with Gasteiger partial charge in [0.2, 0.25) is 0 Å². The van der Waals surface area contributed by atoms with Crippen LogP contribution in [0.3, 0.4) is 0 Å². The van der Waals surface area contributed by atoms with Crippen molar-refractivity contribution in [3.8, 4) is 5.75 Å². The molecular weight excluding hydrogens is 368 g/mol. The summed E-state index contributed by atoms with van der Waals surface area (Å²) in [5.41, 5.74) is 1.22. The quantitative estimate of drug-likeness (QED) is 0.737. The minimum absolute atomic E-state index is 0.0165. The average Bonchev–Trinajstić information content (AvgIpc) is 2.72. The van der Waals surface area contributed by atoms with E-state index in [9.17, 15) is 9.59 Å². The lowest BCUT2D eigenvalue weighted by molar-refractivity contribution is -0.133. The van der Waals surface area contributed by atoms with E-state index >= 15 is 0 Å². The average molecular weight is 389 g/mol. The normalized spacial score (nSPS) is 14.0. The second kappa shape index (κ2) is 8.77. The maximum absolute atomic E-state index is 12.4. The first-order valence-electron chi connectivity index (χ1n) is 8.67. The highest BCUT2D eigenvalue weighted by atomic mass is 35.5. The zero-order chi connectivity index (χ0) is 19.2. The molecule has 6 nitrogen and oxygen atoms in total. The van der Waals surface area contributed by atoms with Gasteiger partial charge < -0.3 is 19.3 Å². The van der Waals surface area contributed by atoms with Gasteiger partial charge in [-0.3, -0.25) is 4.79 Å². The van der Waals surface area contributed by atoms with E-state index in [2.05, 4.69) is 4.90 Å². The number of methoxy groups -OCH3 is 1. The number of para-hydroxylation sites is 1. The molecule has 0 saturated carbocycles. The fourth-order valence-corrected chi connectivity index (χ4v) is 3.19. The van der Waals surface area contributed by atoms with Crippen molar-refractivity contribution in [3.05, 3.63) is 59.1 Å². The van der Waals surface area contributed by atoms with Gasteiger partial charge >= 0.3 is 5.97 Å². The molecule has 1 amide bonds. The van der Waals surface area contributed by atoms with Crippen LogP contribution in [-0.4, -0.2) is 56.7 Å². The lowest BCUT2D eigenvalue weighted by Crippen LogP contribution is -2.50. The highest BCUT2D eigenvalue weighted by Crippen LogP contribution is 2.28. The fraction of sp³-hybridized carbons (Fsp3) is 0.300. The highest BCUT2D eigenvalue weighted by molar-refractivity contribution is 6.33. The molecule has 0 bridgehead atoms. The third-order valence-corrected chi connectivity index (χ3v) is 4.77. The number of halogens is 1. The van der Waals surface area contributed by atoms with Crippen LogP contribution in [-0.2, 0) is 9.53 Å². The number of esters is 1. The maximum atomic E-state index is 12.4. The highest BCUT2D eigenvalue weighted by Gasteiger charge is 2.23. The number of ether oxygens (including phenoxy) is 2. The number of carbonyl (C=O) groups excluding carboxylic acids is 2. The van der Waals surface area contributed by atoms with E-state index in [1.54, 1.807) is 23.1 Å². The Morgan fingerprint density at radius 3 is 2.41 bits per heavy atom. The molecule has 0 atom stereocenters. The zero-order valence-corrected chi connectivity index (χ0v) is 15.8. The summed E-state index contributed by atoms with van der Waals surface area (Å²) in [7, 11) is 1.35. The van der Waals surface area contributed by atoms with Crippen LogP contribution in [0.2, 0.25) is 5.02 Å². The van der Waals surface area contributed by atoms with E-state index in [1.807, 2.05) is 30.3 Å². The molecule has 0 aromatic heterocycles. The minimum Gasteiger partial charge on any atom is -0.484 e. The number of hydrogen-bond acceptors (Lipinski definition) is 5. The molecule has 0 spiro atoms. The number of nitrogens with zero attached hydrogens (tertiary/aromatic N) is 2. The molecule has 2 aromatic carbocycles. The molecule has 0 unspecified atom stereocenters. The summed E-state index contributed by atoms with van der Waals surface area (Å²) in [5.74, 6) is 0.226. The molecule has 27 heavy (non-hydrogen) atoms. The molecule has 1 fully saturated rings. The number of piperazine rings is 1. The van der Waals surface area contributed by atoms with E-state index in [0.29, 0.717) is 42.5 Å². The van der Waals surface area contributed by atoms with Crippen LogP contribution >= 0.6 is 11.6 Å². The summed E-state index contributed by atoms with van der Waals surface area (Å²) in [6.45, 7) is 2.40. The number of benzene rings is 2. The molecule has 0 N–H and O–H groups in total. The third kappa shape index (κ3) is 4.71. The van der Waals surface area contributed by atoms with Crippen molar-refractivity contribution in [1.82, 2.24) is 4.90 Å². The van der Waals surface area contributed by atoms with Gasteiger partial charge in [-0.25, -0.2) is 4.79 Å². The van der Waals surface area contributed by atoms with Crippen LogP contribution in [0.4, 0.5) is 5.69 Å². The van der Waals surface area contributed by atoms with Crippen molar-refractivity contribution < 1.29 is 19.1 Å². The minimum atomic E-state index is -0.403. The van der Waals surface area contributed by atoms with E-state index in [-0.39, 0.29) is 12.5 Å². The Hall–Kier alpha value is -2.73. The van der Waals surface area contributed by atoms with Crippen LogP contribution in [0.5, 0.6) is 5.75 Å². The summed E-state index contributed by atoms with van der Waals surface area (Å²) >= 11 is 6.30. The van der Waals surface area contributed by atoms with Gasteiger partial charge in [0.1, 0.15) is 5.75 Å². The Morgan fingerprint density at radius 1 is 1.04 bits per heavy atom. The second-order valence-electron chi connectivity index (χ2n) is 6.13. The Labute approximate surface area is 163 Å². The molecule has 1 aliphatic rings. The summed E-state index contributed by atoms with van der Waals surface area (Å²) in [5, 5.41) is 0.565. The molecule has 0 aliphatic carbocycles. The summed E-state index contributed by atoms with van der Waals surface area (Å²) in [6, 6.07) is 14.3. The second-order valence-corrected chi connectivity index (χ2v) is 6.53. The third-order valence-electron chi connectivity index (χ3n) is 4.45. The number of amides is 1. The Kier molecular flexibility index (Phi) is 6.19. The monoisotopic (exact) mass is 388 g/mol. The summed E-state index contributed by atoms with van der Waals surface area (Å²) in [6.07, 6.45) is 0. The largest absolute Gasteiger partial charge is 0.484 e. The van der Waals surface area contributed by atoms with Gasteiger partial charge in [-0.15, -0.1) is 0 Å². The van der Waals surface area contributed by atoms with Crippen LogP contribution in [0.25, 0.3) is 0 Å². The SMILES string of the molecule is COC(=O)c1ccc(Cl)c(N2CCN(C(=O)COc3ccccc3)CC2)c1. The van der Waals surface area contributed by atoms with E-state index in [1.165, 1.54) is 7.11 Å². The number of rotatable bonds is 5. The van der Waals surface area contributed by atoms with E-state index < -0.39 is 5.97 Å². The van der Waals surface area contributed by atoms with Crippen LogP contribution in [0.15, 0.2) is 48.5 Å². The molecule has 1 heterocycles. The first kappa shape index (κ1) is 19.0. The van der Waals surface area contributed by atoms with Gasteiger partial charge in [-0.1, -0.05) is 29.8 Å². The molecule has 7 heteroatoms. The lowest BCUT2D eigenvalue weighted by Gasteiger charge is -2.36. The van der Waals surface area contributed by atoms with Crippen molar-refractivity contribution in [3.63, 3.8) is 0 Å². The van der Waals surface area contributed by atoms with Gasteiger partial charge in [-0.2, -0.15) is 0 Å². The lowest BCUT2D eigenvalue weighted by atomic mass is 10.1. The molecule has 0 radical (unpaired) electrons. The smallest absolute Gasteiger partial charge is 0.337 e. The standard InChI is InChI=1S/C20H21ClN2O4/c1-26-20(25)15-7-8-17(21)18(13-15)22-9-11-23(12-10-22)19(24)14-27-16-5-3-2-4-6-16/h2-8,13H,9-12,14H2,1H3. The molecule has 1 saturated heterocycles. The van der Waals surface area contributed by atoms with Crippen molar-refractivity contribution >= 4 is 29.2 Å². The van der Waals surface area contributed by atoms with E-state index in [4.69, 9.17) is 21.1 Å². The van der Waals surface area contributed by atoms with Crippen molar-refractivity contribution in [1.29, 1.82) is 0 Å². The Balaban J connectivity index is 1.57. The van der Waals surface area contributed by atoms with Gasteiger partial charge in [0.25, 0.3) is 5.91 Å². The van der Waals surface area contributed by atoms with Crippen LogP contribution in [0.1, 0.15) is 10.4 Å². The first-order chi connectivity index (χ1) is 13.1. The summed E-state index contributed by atoms with van der Waals surface area (Å²) < 4.78 is 10.3. The van der Waals surface area contributed by atoms with Crippen LogP contribution in [0, 0.1) is 0 Å². The van der Waals surface area contributed by atoms with E-state index in [0.717, 1.165) is 5.69 Å². The van der Waals surface area contributed by atoms with Crippen LogP contribution < -0.4 is 9.64 Å². The van der Waals surface area contributed by atoms with Crippen molar-refractivity contribution in [2.45, 2.75) is 0 Å². The predicted octanol–water partition coefficient (Wildman–Crippen LogP) is 2.85. The topological polar surface area (TPSA) is 59.1 Å². The predicted molar refractivity (Wildman–Crippen MR) is 104 cm³/mol. The maximum Gasteiger partial charge on any atom is 0.337 e. The van der Waals surface area contributed by atoms with Crippen molar-refractivity contribution in [2.75, 3.05) is 44.8 Å². The zero-order valence-electron chi connectivity index (χ0n) is 15.1. The van der Waals surface area contributed by atoms with Gasteiger partial charge in [0.05, 0.1) is 23.4 Å². The summed E-state index contributed by atoms with van der Waals surface area (Å²) in [4.78, 5) is 27.9. The first-order valence-corrected chi connectivity index (χ1v) is 9.04.